The first kappa shape index (κ1) is 11.6. The van der Waals surface area contributed by atoms with Gasteiger partial charge in [-0.15, -0.1) is 5.10 Å². The fraction of sp³-hybridized carbons (Fsp3) is 0.333. The van der Waals surface area contributed by atoms with Gasteiger partial charge in [-0.2, -0.15) is 0 Å². The first-order valence-corrected chi connectivity index (χ1v) is 5.64. The van der Waals surface area contributed by atoms with E-state index in [1.165, 1.54) is 5.56 Å². The summed E-state index contributed by atoms with van der Waals surface area (Å²) in [7, 11) is 0. The molecule has 0 aliphatic heterocycles. The second-order valence-electron chi connectivity index (χ2n) is 3.61. The Hall–Kier alpha value is -1.88. The van der Waals surface area contributed by atoms with Crippen molar-refractivity contribution in [3.63, 3.8) is 0 Å². The third-order valence-corrected chi connectivity index (χ3v) is 2.43. The molecular formula is C12H16N4O. The van der Waals surface area contributed by atoms with Gasteiger partial charge in [0.15, 0.2) is 0 Å². The molecule has 0 radical (unpaired) electrons. The van der Waals surface area contributed by atoms with Gasteiger partial charge < -0.3 is 10.5 Å². The van der Waals surface area contributed by atoms with Crippen LogP contribution in [-0.4, -0.2) is 21.4 Å². The van der Waals surface area contributed by atoms with Crippen LogP contribution in [-0.2, 0) is 13.1 Å². The number of hydrogen-bond donors (Lipinski definition) is 1. The lowest BCUT2D eigenvalue weighted by Crippen LogP contribution is -2.11. The van der Waals surface area contributed by atoms with Gasteiger partial charge in [0.1, 0.15) is 5.82 Å². The molecule has 0 atom stereocenters. The highest BCUT2D eigenvalue weighted by Crippen LogP contribution is 2.13. The van der Waals surface area contributed by atoms with Crippen molar-refractivity contribution in [1.29, 1.82) is 0 Å². The Labute approximate surface area is 100 Å². The summed E-state index contributed by atoms with van der Waals surface area (Å²) >= 11 is 0. The Balaban J connectivity index is 2.26. The predicted octanol–water partition coefficient (Wildman–Crippen LogP) is 1.18. The molecule has 0 bridgehead atoms. The van der Waals surface area contributed by atoms with Crippen molar-refractivity contribution >= 4 is 0 Å². The maximum absolute atomic E-state index is 5.63. The van der Waals surface area contributed by atoms with Crippen molar-refractivity contribution in [3.05, 3.63) is 41.7 Å². The molecule has 5 nitrogen and oxygen atoms in total. The minimum atomic E-state index is 0.354. The highest BCUT2D eigenvalue weighted by molar-refractivity contribution is 5.17. The van der Waals surface area contributed by atoms with Gasteiger partial charge in [0.2, 0.25) is 0 Å². The van der Waals surface area contributed by atoms with E-state index >= 15 is 0 Å². The average molecular weight is 232 g/mol. The molecule has 0 amide bonds. The van der Waals surface area contributed by atoms with Gasteiger partial charge in [-0.05, 0) is 12.5 Å². The molecule has 0 aliphatic carbocycles. The second-order valence-corrected chi connectivity index (χ2v) is 3.61. The fourth-order valence-corrected chi connectivity index (χ4v) is 1.63. The lowest BCUT2D eigenvalue weighted by molar-refractivity contribution is 0.297. The topological polar surface area (TPSA) is 66.0 Å². The first-order chi connectivity index (χ1) is 8.35. The zero-order chi connectivity index (χ0) is 12.1. The van der Waals surface area contributed by atoms with Crippen LogP contribution in [0.4, 0.5) is 0 Å². The maximum atomic E-state index is 5.63. The molecular weight excluding hydrogens is 216 g/mol. The van der Waals surface area contributed by atoms with E-state index in [-0.39, 0.29) is 0 Å². The van der Waals surface area contributed by atoms with E-state index in [9.17, 15) is 0 Å². The lowest BCUT2D eigenvalue weighted by atomic mass is 10.2. The van der Waals surface area contributed by atoms with Crippen LogP contribution >= 0.6 is 0 Å². The minimum Gasteiger partial charge on any atom is -0.464 e. The van der Waals surface area contributed by atoms with Gasteiger partial charge >= 0.3 is 6.01 Å². The number of hydrogen-bond acceptors (Lipinski definition) is 4. The summed E-state index contributed by atoms with van der Waals surface area (Å²) < 4.78 is 7.33. The average Bonchev–Trinajstić information content (AvgIpc) is 2.74. The van der Waals surface area contributed by atoms with E-state index in [2.05, 4.69) is 22.3 Å². The van der Waals surface area contributed by atoms with Crippen molar-refractivity contribution < 1.29 is 4.74 Å². The molecule has 0 aliphatic rings. The van der Waals surface area contributed by atoms with Crippen LogP contribution in [0.25, 0.3) is 0 Å². The van der Waals surface area contributed by atoms with Gasteiger partial charge in [-0.1, -0.05) is 35.4 Å². The SMILES string of the molecule is CCOc1nnc(CN)n1Cc1ccccc1. The van der Waals surface area contributed by atoms with E-state index in [4.69, 9.17) is 10.5 Å². The molecule has 2 N–H and O–H groups in total. The van der Waals surface area contributed by atoms with Crippen molar-refractivity contribution in [3.8, 4) is 6.01 Å². The zero-order valence-corrected chi connectivity index (χ0v) is 9.84. The highest BCUT2D eigenvalue weighted by atomic mass is 16.5. The summed E-state index contributed by atoms with van der Waals surface area (Å²) in [5.41, 5.74) is 6.80. The monoisotopic (exact) mass is 232 g/mol. The predicted molar refractivity (Wildman–Crippen MR) is 64.6 cm³/mol. The van der Waals surface area contributed by atoms with Crippen LogP contribution in [0.1, 0.15) is 18.3 Å². The maximum Gasteiger partial charge on any atom is 0.317 e. The number of ether oxygens (including phenoxy) is 1. The third-order valence-electron chi connectivity index (χ3n) is 2.43. The molecule has 2 aromatic rings. The number of nitrogens with two attached hydrogens (primary N) is 1. The summed E-state index contributed by atoms with van der Waals surface area (Å²) in [6, 6.07) is 10.6. The van der Waals surface area contributed by atoms with Gasteiger partial charge in [-0.3, -0.25) is 4.57 Å². The second kappa shape index (κ2) is 5.45. The quantitative estimate of drug-likeness (QED) is 0.840. The van der Waals surface area contributed by atoms with Gasteiger partial charge in [-0.25, -0.2) is 0 Å². The van der Waals surface area contributed by atoms with E-state index < -0.39 is 0 Å². The Morgan fingerprint density at radius 1 is 1.24 bits per heavy atom. The summed E-state index contributed by atoms with van der Waals surface area (Å²) in [5, 5.41) is 8.00. The minimum absolute atomic E-state index is 0.354. The highest BCUT2D eigenvalue weighted by Gasteiger charge is 2.11. The zero-order valence-electron chi connectivity index (χ0n) is 9.84. The van der Waals surface area contributed by atoms with E-state index in [1.54, 1.807) is 0 Å². The molecule has 1 heterocycles. The number of benzene rings is 1. The summed E-state index contributed by atoms with van der Waals surface area (Å²) in [6.07, 6.45) is 0. The molecule has 90 valence electrons. The van der Waals surface area contributed by atoms with Crippen molar-refractivity contribution in [2.45, 2.75) is 20.0 Å². The van der Waals surface area contributed by atoms with Crippen LogP contribution in [0, 0.1) is 0 Å². The third kappa shape index (κ3) is 2.62. The molecule has 0 saturated carbocycles. The van der Waals surface area contributed by atoms with E-state index in [0.29, 0.717) is 25.7 Å². The van der Waals surface area contributed by atoms with Crippen LogP contribution in [0.3, 0.4) is 0 Å². The van der Waals surface area contributed by atoms with E-state index in [0.717, 1.165) is 5.82 Å². The number of nitrogens with zero attached hydrogens (tertiary/aromatic N) is 3. The Bertz CT molecular complexity index is 467. The molecule has 1 aromatic heterocycles. The summed E-state index contributed by atoms with van der Waals surface area (Å²) in [5.74, 6) is 0.734. The normalized spacial score (nSPS) is 10.5. The smallest absolute Gasteiger partial charge is 0.317 e. The number of aromatic nitrogens is 3. The van der Waals surface area contributed by atoms with Crippen LogP contribution < -0.4 is 10.5 Å². The molecule has 17 heavy (non-hydrogen) atoms. The Morgan fingerprint density at radius 2 is 2.00 bits per heavy atom. The van der Waals surface area contributed by atoms with Gasteiger partial charge in [0.25, 0.3) is 0 Å². The van der Waals surface area contributed by atoms with Crippen LogP contribution in [0.2, 0.25) is 0 Å². The molecule has 2 rings (SSSR count). The molecule has 0 unspecified atom stereocenters. The molecule has 0 spiro atoms. The largest absolute Gasteiger partial charge is 0.464 e. The molecule has 1 aromatic carbocycles. The van der Waals surface area contributed by atoms with E-state index in [1.807, 2.05) is 29.7 Å². The molecule has 0 saturated heterocycles. The first-order valence-electron chi connectivity index (χ1n) is 5.64. The summed E-state index contributed by atoms with van der Waals surface area (Å²) in [4.78, 5) is 0. The Morgan fingerprint density at radius 3 is 2.65 bits per heavy atom. The van der Waals surface area contributed by atoms with Crippen LogP contribution in [0.15, 0.2) is 30.3 Å². The molecule has 0 fully saturated rings. The van der Waals surface area contributed by atoms with Crippen molar-refractivity contribution in [2.24, 2.45) is 5.73 Å². The van der Waals surface area contributed by atoms with Crippen molar-refractivity contribution in [1.82, 2.24) is 14.8 Å². The van der Waals surface area contributed by atoms with Gasteiger partial charge in [0.05, 0.1) is 19.7 Å². The number of rotatable bonds is 5. The van der Waals surface area contributed by atoms with Gasteiger partial charge in [0, 0.05) is 0 Å². The fourth-order valence-electron chi connectivity index (χ4n) is 1.63. The van der Waals surface area contributed by atoms with Crippen molar-refractivity contribution in [2.75, 3.05) is 6.61 Å². The lowest BCUT2D eigenvalue weighted by Gasteiger charge is -2.09. The summed E-state index contributed by atoms with van der Waals surface area (Å²) in [6.45, 7) is 3.52. The van der Waals surface area contributed by atoms with Crippen LogP contribution in [0.5, 0.6) is 6.01 Å². The standard InChI is InChI=1S/C12H16N4O/c1-2-17-12-15-14-11(8-13)16(12)9-10-6-4-3-5-7-10/h3-7H,2,8-9,13H2,1H3. The molecule has 5 heteroatoms. The Kier molecular flexibility index (Phi) is 3.72.